The fourth-order valence-electron chi connectivity index (χ4n) is 0.0772. The second kappa shape index (κ2) is 3.41. The number of allylic oxidation sites excluding steroid dienone is 1. The minimum atomic E-state index is 1.14. The third-order valence-electron chi connectivity index (χ3n) is 0.744. The molecule has 0 spiro atoms. The van der Waals surface area contributed by atoms with E-state index in [9.17, 15) is 0 Å². The Labute approximate surface area is 47.4 Å². The molecule has 0 aliphatic carbocycles. The van der Waals surface area contributed by atoms with Crippen LogP contribution >= 0.6 is 15.9 Å². The van der Waals surface area contributed by atoms with Crippen LogP contribution in [0, 0.1) is 0 Å². The van der Waals surface area contributed by atoms with Crippen molar-refractivity contribution in [3.63, 3.8) is 0 Å². The Morgan fingerprint density at radius 3 is 2.33 bits per heavy atom. The van der Waals surface area contributed by atoms with Gasteiger partial charge in [0.2, 0.25) is 0 Å². The Morgan fingerprint density at radius 1 is 1.83 bits per heavy atom. The average molecular weight is 149 g/mol. The van der Waals surface area contributed by atoms with Gasteiger partial charge in [0.15, 0.2) is 0 Å². The smallest absolute Gasteiger partial charge is 0.0200 e. The quantitative estimate of drug-likeness (QED) is 0.537. The van der Waals surface area contributed by atoms with Crippen LogP contribution in [0.3, 0.4) is 0 Å². The number of halogens is 1. The minimum Gasteiger partial charge on any atom is -0.0667 e. The molecule has 1 heteroatoms. The molecule has 0 heterocycles. The lowest BCUT2D eigenvalue weighted by molar-refractivity contribution is 1.11. The summed E-state index contributed by atoms with van der Waals surface area (Å²) < 4.78 is 0. The lowest BCUT2D eigenvalue weighted by Gasteiger charge is -1.83. The highest BCUT2D eigenvalue weighted by molar-refractivity contribution is 9.11. The molecule has 0 bridgehead atoms. The van der Waals surface area contributed by atoms with Gasteiger partial charge in [-0.25, -0.2) is 0 Å². The maximum absolute atomic E-state index is 3.21. The zero-order valence-corrected chi connectivity index (χ0v) is 5.75. The molecule has 0 nitrogen and oxygen atoms in total. The van der Waals surface area contributed by atoms with Crippen molar-refractivity contribution >= 4 is 15.9 Å². The van der Waals surface area contributed by atoms with Gasteiger partial charge in [-0.05, 0) is 18.3 Å². The van der Waals surface area contributed by atoms with Crippen molar-refractivity contribution in [2.75, 3.05) is 0 Å². The summed E-state index contributed by atoms with van der Waals surface area (Å²) in [5, 5.41) is 0. The standard InChI is InChI=1S/C5H9Br/c1-3-5(2)4-6/h4H,3H2,1-2H3/b5-4+. The van der Waals surface area contributed by atoms with Gasteiger partial charge in [0.05, 0.1) is 0 Å². The highest BCUT2D eigenvalue weighted by Crippen LogP contribution is 1.99. The van der Waals surface area contributed by atoms with Crippen LogP contribution in [-0.2, 0) is 0 Å². The predicted molar refractivity (Wildman–Crippen MR) is 33.0 cm³/mol. The van der Waals surface area contributed by atoms with E-state index in [-0.39, 0.29) is 0 Å². The Kier molecular flexibility index (Phi) is 3.54. The molecule has 0 atom stereocenters. The Morgan fingerprint density at radius 2 is 2.33 bits per heavy atom. The van der Waals surface area contributed by atoms with Crippen LogP contribution in [-0.4, -0.2) is 0 Å². The molecule has 0 unspecified atom stereocenters. The van der Waals surface area contributed by atoms with Gasteiger partial charge in [-0.1, -0.05) is 28.4 Å². The van der Waals surface area contributed by atoms with Crippen LogP contribution in [0.2, 0.25) is 0 Å². The van der Waals surface area contributed by atoms with E-state index in [1.807, 2.05) is 4.99 Å². The molecule has 0 aromatic carbocycles. The van der Waals surface area contributed by atoms with E-state index in [1.165, 1.54) is 5.57 Å². The highest BCUT2D eigenvalue weighted by Gasteiger charge is 1.74. The van der Waals surface area contributed by atoms with E-state index >= 15 is 0 Å². The van der Waals surface area contributed by atoms with Crippen LogP contribution in [0.1, 0.15) is 20.3 Å². The van der Waals surface area contributed by atoms with Gasteiger partial charge in [0, 0.05) is 0 Å². The normalized spacial score (nSPS) is 12.2. The third kappa shape index (κ3) is 2.46. The second-order valence-electron chi connectivity index (χ2n) is 1.31. The number of rotatable bonds is 1. The molecular weight excluding hydrogens is 140 g/mol. The van der Waals surface area contributed by atoms with Gasteiger partial charge in [0.1, 0.15) is 0 Å². The van der Waals surface area contributed by atoms with Gasteiger partial charge in [-0.2, -0.15) is 0 Å². The first-order chi connectivity index (χ1) is 2.81. The van der Waals surface area contributed by atoms with Crippen molar-refractivity contribution in [1.82, 2.24) is 0 Å². The minimum absolute atomic E-state index is 1.14. The highest BCUT2D eigenvalue weighted by atomic mass is 79.9. The first-order valence-electron chi connectivity index (χ1n) is 2.07. The summed E-state index contributed by atoms with van der Waals surface area (Å²) >= 11 is 3.21. The molecule has 0 aromatic rings. The van der Waals surface area contributed by atoms with E-state index in [0.717, 1.165) is 6.42 Å². The Hall–Kier alpha value is 0.220. The lowest BCUT2D eigenvalue weighted by atomic mass is 10.3. The van der Waals surface area contributed by atoms with Gasteiger partial charge in [-0.3, -0.25) is 0 Å². The van der Waals surface area contributed by atoms with Crippen molar-refractivity contribution in [2.45, 2.75) is 20.3 Å². The fourth-order valence-corrected chi connectivity index (χ4v) is 0.401. The summed E-state index contributed by atoms with van der Waals surface area (Å²) in [6, 6.07) is 0. The van der Waals surface area contributed by atoms with Crippen LogP contribution in [0.15, 0.2) is 10.6 Å². The summed E-state index contributed by atoms with van der Waals surface area (Å²) in [6.07, 6.45) is 1.14. The third-order valence-corrected chi connectivity index (χ3v) is 1.53. The van der Waals surface area contributed by atoms with Crippen LogP contribution < -0.4 is 0 Å². The molecule has 0 aliphatic heterocycles. The monoisotopic (exact) mass is 148 g/mol. The molecule has 0 radical (unpaired) electrons. The molecule has 6 heavy (non-hydrogen) atoms. The van der Waals surface area contributed by atoms with E-state index in [1.54, 1.807) is 0 Å². The summed E-state index contributed by atoms with van der Waals surface area (Å²) in [7, 11) is 0. The maximum Gasteiger partial charge on any atom is -0.0200 e. The van der Waals surface area contributed by atoms with Crippen molar-refractivity contribution < 1.29 is 0 Å². The van der Waals surface area contributed by atoms with Gasteiger partial charge < -0.3 is 0 Å². The van der Waals surface area contributed by atoms with Crippen molar-refractivity contribution in [3.8, 4) is 0 Å². The van der Waals surface area contributed by atoms with E-state index in [4.69, 9.17) is 0 Å². The molecule has 0 saturated heterocycles. The predicted octanol–water partition coefficient (Wildman–Crippen LogP) is 2.70. The first-order valence-corrected chi connectivity index (χ1v) is 2.98. The largest absolute Gasteiger partial charge is 0.0667 e. The molecule has 0 saturated carbocycles. The Bertz CT molecular complexity index is 55.0. The number of hydrogen-bond acceptors (Lipinski definition) is 0. The van der Waals surface area contributed by atoms with Crippen molar-refractivity contribution in [2.24, 2.45) is 0 Å². The van der Waals surface area contributed by atoms with E-state index in [0.29, 0.717) is 0 Å². The van der Waals surface area contributed by atoms with E-state index in [2.05, 4.69) is 29.8 Å². The summed E-state index contributed by atoms with van der Waals surface area (Å²) in [5.74, 6) is 0. The summed E-state index contributed by atoms with van der Waals surface area (Å²) in [6.45, 7) is 4.22. The Balaban J connectivity index is 3.22. The first kappa shape index (κ1) is 6.22. The van der Waals surface area contributed by atoms with Gasteiger partial charge >= 0.3 is 0 Å². The molecule has 0 N–H and O–H groups in total. The molecule has 36 valence electrons. The van der Waals surface area contributed by atoms with E-state index < -0.39 is 0 Å². The average Bonchev–Trinajstić information content (AvgIpc) is 1.65. The van der Waals surface area contributed by atoms with Gasteiger partial charge in [-0.15, -0.1) is 0 Å². The topological polar surface area (TPSA) is 0 Å². The molecule has 0 fully saturated rings. The molecule has 0 aromatic heterocycles. The molecule has 0 aliphatic rings. The SMILES string of the molecule is CC/C(C)=C/Br. The fraction of sp³-hybridized carbons (Fsp3) is 0.600. The van der Waals surface area contributed by atoms with Crippen molar-refractivity contribution in [1.29, 1.82) is 0 Å². The molecular formula is C5H9Br. The zero-order chi connectivity index (χ0) is 4.99. The summed E-state index contributed by atoms with van der Waals surface area (Å²) in [4.78, 5) is 1.95. The lowest BCUT2D eigenvalue weighted by Crippen LogP contribution is -1.62. The zero-order valence-electron chi connectivity index (χ0n) is 4.16. The maximum atomic E-state index is 3.21. The van der Waals surface area contributed by atoms with Crippen molar-refractivity contribution in [3.05, 3.63) is 10.6 Å². The van der Waals surface area contributed by atoms with Crippen LogP contribution in [0.25, 0.3) is 0 Å². The molecule has 0 amide bonds. The van der Waals surface area contributed by atoms with Crippen LogP contribution in [0.4, 0.5) is 0 Å². The molecule has 0 rings (SSSR count). The number of hydrogen-bond donors (Lipinski definition) is 0. The van der Waals surface area contributed by atoms with Crippen LogP contribution in [0.5, 0.6) is 0 Å². The summed E-state index contributed by atoms with van der Waals surface area (Å²) in [5.41, 5.74) is 1.38. The second-order valence-corrected chi connectivity index (χ2v) is 1.77. The van der Waals surface area contributed by atoms with Gasteiger partial charge in [0.25, 0.3) is 0 Å².